The van der Waals surface area contributed by atoms with Crippen LogP contribution >= 0.6 is 11.6 Å². The van der Waals surface area contributed by atoms with Gasteiger partial charge in [-0.2, -0.15) is 28.2 Å². The van der Waals surface area contributed by atoms with Crippen LogP contribution < -0.4 is 11.1 Å². The van der Waals surface area contributed by atoms with Gasteiger partial charge in [-0.25, -0.2) is 9.67 Å². The normalized spacial score (nSPS) is 11.7. The molecule has 6 rings (SSSR count). The predicted octanol–water partition coefficient (Wildman–Crippen LogP) is 4.03. The lowest BCUT2D eigenvalue weighted by Gasteiger charge is -2.14. The standard InChI is InChI=1S/C28H21ClF3N11O2/c1-15-10-17-13-41(12-16-6-3-2-4-7-16)38-23(17)21(24(33)44)22(15)35-26(45)20-11-18(14-42-39-27(36-40-42)28(30,31)32)37-43(20)25-19(29)8-5-9-34-25/h2-11,13H,12,14H2,1H3,(H2,33,44)(H,35,45). The predicted molar refractivity (Wildman–Crippen MR) is 155 cm³/mol. The van der Waals surface area contributed by atoms with Gasteiger partial charge in [-0.3, -0.25) is 14.3 Å². The molecule has 4 aromatic heterocycles. The highest BCUT2D eigenvalue weighted by atomic mass is 35.5. The maximum absolute atomic E-state index is 13.8. The number of alkyl halides is 3. The van der Waals surface area contributed by atoms with E-state index in [4.69, 9.17) is 17.3 Å². The zero-order chi connectivity index (χ0) is 31.9. The second-order valence-electron chi connectivity index (χ2n) is 9.89. The minimum atomic E-state index is -4.79. The molecule has 2 amide bonds. The lowest BCUT2D eigenvalue weighted by atomic mass is 10.0. The lowest BCUT2D eigenvalue weighted by molar-refractivity contribution is -0.145. The van der Waals surface area contributed by atoms with Crippen molar-refractivity contribution < 1.29 is 22.8 Å². The van der Waals surface area contributed by atoms with Crippen LogP contribution in [-0.2, 0) is 19.3 Å². The van der Waals surface area contributed by atoms with E-state index < -0.39 is 23.8 Å². The molecule has 0 saturated carbocycles. The van der Waals surface area contributed by atoms with Gasteiger partial charge in [0.05, 0.1) is 28.5 Å². The summed E-state index contributed by atoms with van der Waals surface area (Å²) in [6.45, 7) is 1.77. The maximum Gasteiger partial charge on any atom is 0.455 e. The number of rotatable bonds is 8. The summed E-state index contributed by atoms with van der Waals surface area (Å²) in [5.74, 6) is -2.92. The smallest absolute Gasteiger partial charge is 0.365 e. The molecule has 4 heterocycles. The van der Waals surface area contributed by atoms with Gasteiger partial charge in [0.15, 0.2) is 5.82 Å². The number of carbonyl (C=O) groups excluding carboxylic acids is 2. The average molecular weight is 636 g/mol. The number of hydrogen-bond donors (Lipinski definition) is 2. The lowest BCUT2D eigenvalue weighted by Crippen LogP contribution is -2.22. The van der Waals surface area contributed by atoms with Crippen LogP contribution in [0.2, 0.25) is 5.02 Å². The number of tetrazole rings is 1. The molecule has 6 aromatic rings. The SMILES string of the molecule is Cc1cc2cn(Cc3ccccc3)nc2c(C(N)=O)c1NC(=O)c1cc(Cn2nnc(C(F)(F)F)n2)nn1-c1ncccc1Cl. The minimum Gasteiger partial charge on any atom is -0.365 e. The van der Waals surface area contributed by atoms with E-state index in [1.165, 1.54) is 18.3 Å². The van der Waals surface area contributed by atoms with Crippen LogP contribution in [0.1, 0.15) is 43.5 Å². The van der Waals surface area contributed by atoms with E-state index in [1.807, 2.05) is 30.3 Å². The highest BCUT2D eigenvalue weighted by Crippen LogP contribution is 2.31. The van der Waals surface area contributed by atoms with E-state index >= 15 is 0 Å². The summed E-state index contributed by atoms with van der Waals surface area (Å²) < 4.78 is 41.8. The van der Waals surface area contributed by atoms with E-state index in [0.717, 1.165) is 10.2 Å². The highest BCUT2D eigenvalue weighted by molar-refractivity contribution is 6.32. The fourth-order valence-corrected chi connectivity index (χ4v) is 4.92. The molecule has 0 fully saturated rings. The molecule has 2 aromatic carbocycles. The third-order valence-corrected chi connectivity index (χ3v) is 6.95. The van der Waals surface area contributed by atoms with Crippen LogP contribution in [0.25, 0.3) is 16.7 Å². The first-order chi connectivity index (χ1) is 21.5. The Labute approximate surface area is 256 Å². The Kier molecular flexibility index (Phi) is 7.49. The van der Waals surface area contributed by atoms with Crippen LogP contribution in [0.15, 0.2) is 67.0 Å². The van der Waals surface area contributed by atoms with Crippen molar-refractivity contribution in [2.24, 2.45) is 5.73 Å². The number of nitrogens with two attached hydrogens (primary N) is 1. The quantitative estimate of drug-likeness (QED) is 0.253. The highest BCUT2D eigenvalue weighted by Gasteiger charge is 2.37. The first-order valence-corrected chi connectivity index (χ1v) is 13.6. The number of pyridine rings is 1. The van der Waals surface area contributed by atoms with Crippen molar-refractivity contribution in [2.45, 2.75) is 26.2 Å². The monoisotopic (exact) mass is 635 g/mol. The van der Waals surface area contributed by atoms with Crippen molar-refractivity contribution in [2.75, 3.05) is 5.32 Å². The molecule has 0 unspecified atom stereocenters. The molecule has 13 nitrogen and oxygen atoms in total. The molecule has 0 radical (unpaired) electrons. The van der Waals surface area contributed by atoms with Gasteiger partial charge >= 0.3 is 6.18 Å². The van der Waals surface area contributed by atoms with Gasteiger partial charge in [0, 0.05) is 17.8 Å². The Morgan fingerprint density at radius 1 is 1.02 bits per heavy atom. The fourth-order valence-electron chi connectivity index (χ4n) is 4.72. The van der Waals surface area contributed by atoms with Crippen molar-refractivity contribution in [3.63, 3.8) is 0 Å². The van der Waals surface area contributed by atoms with Crippen molar-refractivity contribution in [1.29, 1.82) is 0 Å². The first kappa shape index (κ1) is 29.4. The Bertz CT molecular complexity index is 2070. The van der Waals surface area contributed by atoms with Crippen LogP contribution in [-0.4, -0.2) is 56.6 Å². The Hall–Kier alpha value is -5.64. The van der Waals surface area contributed by atoms with E-state index in [0.29, 0.717) is 27.8 Å². The molecule has 0 spiro atoms. The van der Waals surface area contributed by atoms with E-state index in [2.05, 4.69) is 35.9 Å². The minimum absolute atomic E-state index is 0.00110. The third kappa shape index (κ3) is 5.95. The molecule has 17 heteroatoms. The van der Waals surface area contributed by atoms with Crippen molar-refractivity contribution in [3.05, 3.63) is 106 Å². The molecular weight excluding hydrogens is 615 g/mol. The number of carbonyl (C=O) groups is 2. The van der Waals surface area contributed by atoms with Gasteiger partial charge in [-0.15, -0.1) is 10.2 Å². The molecule has 0 bridgehead atoms. The number of primary amides is 1. The van der Waals surface area contributed by atoms with Crippen molar-refractivity contribution in [3.8, 4) is 5.82 Å². The molecular formula is C28H21ClF3N11O2. The van der Waals surface area contributed by atoms with Crippen molar-refractivity contribution in [1.82, 2.24) is 44.8 Å². The van der Waals surface area contributed by atoms with E-state index in [-0.39, 0.29) is 40.0 Å². The second kappa shape index (κ2) is 11.5. The van der Waals surface area contributed by atoms with Gasteiger partial charge < -0.3 is 11.1 Å². The van der Waals surface area contributed by atoms with Gasteiger partial charge in [0.2, 0.25) is 0 Å². The Balaban J connectivity index is 1.38. The van der Waals surface area contributed by atoms with Crippen molar-refractivity contribution >= 4 is 40.0 Å². The average Bonchev–Trinajstić information content (AvgIpc) is 3.73. The summed E-state index contributed by atoms with van der Waals surface area (Å²) in [4.78, 5) is 31.5. The maximum atomic E-state index is 13.8. The fraction of sp³-hybridized carbons (Fsp3) is 0.143. The molecule has 3 N–H and O–H groups in total. The molecule has 0 aliphatic heterocycles. The summed E-state index contributed by atoms with van der Waals surface area (Å²) in [6, 6.07) is 15.8. The number of nitrogens with zero attached hydrogens (tertiary/aromatic N) is 9. The van der Waals surface area contributed by atoms with Gasteiger partial charge in [-0.05, 0) is 47.5 Å². The van der Waals surface area contributed by atoms with Gasteiger partial charge in [0.25, 0.3) is 17.6 Å². The number of fused-ring (bicyclic) bond motifs is 1. The topological polar surface area (TPSA) is 164 Å². The molecule has 0 aliphatic carbocycles. The second-order valence-corrected chi connectivity index (χ2v) is 10.3. The summed E-state index contributed by atoms with van der Waals surface area (Å²) in [5.41, 5.74) is 7.72. The Morgan fingerprint density at radius 3 is 2.49 bits per heavy atom. The zero-order valence-electron chi connectivity index (χ0n) is 23.2. The van der Waals surface area contributed by atoms with Crippen LogP contribution in [0.3, 0.4) is 0 Å². The van der Waals surface area contributed by atoms with Gasteiger partial charge in [0.1, 0.15) is 17.8 Å². The summed E-state index contributed by atoms with van der Waals surface area (Å²) >= 11 is 6.34. The molecule has 0 atom stereocenters. The summed E-state index contributed by atoms with van der Waals surface area (Å²) in [6.07, 6.45) is -1.59. The third-order valence-electron chi connectivity index (χ3n) is 6.66. The van der Waals surface area contributed by atoms with E-state index in [1.54, 1.807) is 29.9 Å². The first-order valence-electron chi connectivity index (χ1n) is 13.2. The van der Waals surface area contributed by atoms with Crippen LogP contribution in [0.4, 0.5) is 18.9 Å². The molecule has 0 aliphatic rings. The van der Waals surface area contributed by atoms with Gasteiger partial charge in [-0.1, -0.05) is 41.9 Å². The summed E-state index contributed by atoms with van der Waals surface area (Å²) in [7, 11) is 0. The number of anilines is 1. The number of nitrogens with one attached hydrogen (secondary N) is 1. The Morgan fingerprint density at radius 2 is 1.80 bits per heavy atom. The largest absolute Gasteiger partial charge is 0.455 e. The molecule has 0 saturated heterocycles. The van der Waals surface area contributed by atoms with E-state index in [9.17, 15) is 22.8 Å². The number of hydrogen-bond acceptors (Lipinski definition) is 8. The number of aryl methyl sites for hydroxylation is 1. The molecule has 228 valence electrons. The molecule has 45 heavy (non-hydrogen) atoms. The number of halogens is 4. The summed E-state index contributed by atoms with van der Waals surface area (Å²) in [5, 5.41) is 22.2. The number of benzene rings is 2. The zero-order valence-corrected chi connectivity index (χ0v) is 24.0. The number of amides is 2. The number of aromatic nitrogens is 9. The van der Waals surface area contributed by atoms with Crippen LogP contribution in [0.5, 0.6) is 0 Å². The van der Waals surface area contributed by atoms with Crippen LogP contribution in [0, 0.1) is 6.92 Å².